The lowest BCUT2D eigenvalue weighted by Gasteiger charge is -2.35. The Balaban J connectivity index is 1.37. The summed E-state index contributed by atoms with van der Waals surface area (Å²) in [6.45, 7) is 5.58. The minimum absolute atomic E-state index is 0.129. The summed E-state index contributed by atoms with van der Waals surface area (Å²) < 4.78 is 2.16. The average Bonchev–Trinajstić information content (AvgIpc) is 2.89. The van der Waals surface area contributed by atoms with Gasteiger partial charge in [0.25, 0.3) is 5.91 Å². The molecule has 144 valence electrons. The molecule has 0 aliphatic carbocycles. The second-order valence-corrected chi connectivity index (χ2v) is 8.03. The molecule has 3 saturated heterocycles. The van der Waals surface area contributed by atoms with Gasteiger partial charge in [-0.05, 0) is 49.9 Å². The van der Waals surface area contributed by atoms with Crippen molar-refractivity contribution in [3.05, 3.63) is 66.0 Å². The van der Waals surface area contributed by atoms with E-state index in [-0.39, 0.29) is 5.91 Å². The molecule has 6 nitrogen and oxygen atoms in total. The summed E-state index contributed by atoms with van der Waals surface area (Å²) in [6, 6.07) is 10.3. The van der Waals surface area contributed by atoms with Crippen molar-refractivity contribution in [2.75, 3.05) is 19.6 Å². The quantitative estimate of drug-likeness (QED) is 0.706. The van der Waals surface area contributed by atoms with Gasteiger partial charge in [-0.1, -0.05) is 6.07 Å². The highest BCUT2D eigenvalue weighted by Gasteiger charge is 2.37. The van der Waals surface area contributed by atoms with Gasteiger partial charge in [0, 0.05) is 56.4 Å². The van der Waals surface area contributed by atoms with Crippen molar-refractivity contribution in [2.45, 2.75) is 32.4 Å². The van der Waals surface area contributed by atoms with E-state index in [9.17, 15) is 4.79 Å². The van der Waals surface area contributed by atoms with Gasteiger partial charge in [0.05, 0.1) is 11.2 Å². The molecule has 3 aromatic heterocycles. The molecule has 0 spiro atoms. The first-order valence-electron chi connectivity index (χ1n) is 10.0. The van der Waals surface area contributed by atoms with Crippen molar-refractivity contribution >= 4 is 11.4 Å². The summed E-state index contributed by atoms with van der Waals surface area (Å²) in [5.74, 6) is 1.68. The van der Waals surface area contributed by atoms with E-state index in [0.29, 0.717) is 12.0 Å². The molecule has 3 aliphatic rings. The third-order valence-electron chi connectivity index (χ3n) is 6.20. The van der Waals surface area contributed by atoms with Crippen LogP contribution in [0.2, 0.25) is 0 Å². The molecule has 1 amide bonds. The molecule has 0 unspecified atom stereocenters. The Morgan fingerprint density at radius 3 is 2.82 bits per heavy atom. The number of imidazole rings is 1. The standard InChI is InChI=1S/C22H25N5O/c1-16-24-20(21-4-2-3-11-27(16)21)15-25-12-17-5-6-19(25)14-26(13-17)22(28)18-7-9-23-10-8-18/h2-4,7-11,17,19H,5-6,12-15H2,1H3/t17-,19-/m1/s1. The van der Waals surface area contributed by atoms with Crippen LogP contribution in [0, 0.1) is 12.8 Å². The largest absolute Gasteiger partial charge is 0.337 e. The maximum absolute atomic E-state index is 13.0. The van der Waals surface area contributed by atoms with Crippen LogP contribution in [-0.4, -0.2) is 55.8 Å². The third kappa shape index (κ3) is 3.07. The molecular weight excluding hydrogens is 350 g/mol. The van der Waals surface area contributed by atoms with Crippen molar-refractivity contribution in [2.24, 2.45) is 5.92 Å². The van der Waals surface area contributed by atoms with Crippen LogP contribution in [0.4, 0.5) is 0 Å². The maximum Gasteiger partial charge on any atom is 0.254 e. The molecule has 3 fully saturated rings. The summed E-state index contributed by atoms with van der Waals surface area (Å²) in [5.41, 5.74) is 3.06. The van der Waals surface area contributed by atoms with Crippen molar-refractivity contribution in [3.63, 3.8) is 0 Å². The van der Waals surface area contributed by atoms with Crippen LogP contribution in [0.15, 0.2) is 48.9 Å². The lowest BCUT2D eigenvalue weighted by atomic mass is 9.95. The number of piperidine rings is 1. The van der Waals surface area contributed by atoms with Crippen LogP contribution in [0.1, 0.15) is 34.7 Å². The van der Waals surface area contributed by atoms with Gasteiger partial charge in [-0.2, -0.15) is 0 Å². The number of aromatic nitrogens is 3. The van der Waals surface area contributed by atoms with E-state index in [4.69, 9.17) is 4.98 Å². The molecule has 0 N–H and O–H groups in total. The molecule has 28 heavy (non-hydrogen) atoms. The molecule has 0 radical (unpaired) electrons. The Bertz CT molecular complexity index is 999. The number of fused-ring (bicyclic) bond motifs is 5. The Hall–Kier alpha value is -2.73. The summed E-state index contributed by atoms with van der Waals surface area (Å²) in [5, 5.41) is 0. The lowest BCUT2D eigenvalue weighted by molar-refractivity contribution is 0.0735. The van der Waals surface area contributed by atoms with E-state index in [0.717, 1.165) is 49.7 Å². The highest BCUT2D eigenvalue weighted by molar-refractivity contribution is 5.94. The van der Waals surface area contributed by atoms with Crippen molar-refractivity contribution in [1.29, 1.82) is 0 Å². The molecule has 6 heterocycles. The highest BCUT2D eigenvalue weighted by atomic mass is 16.2. The number of carbonyl (C=O) groups excluding carboxylic acids is 1. The van der Waals surface area contributed by atoms with Gasteiger partial charge in [0.1, 0.15) is 5.82 Å². The maximum atomic E-state index is 13.0. The first-order valence-corrected chi connectivity index (χ1v) is 10.0. The van der Waals surface area contributed by atoms with Crippen LogP contribution < -0.4 is 0 Å². The molecule has 0 saturated carbocycles. The van der Waals surface area contributed by atoms with E-state index in [1.807, 2.05) is 23.1 Å². The number of hydrogen-bond donors (Lipinski definition) is 0. The number of aryl methyl sites for hydroxylation is 1. The van der Waals surface area contributed by atoms with Gasteiger partial charge < -0.3 is 9.30 Å². The zero-order valence-electron chi connectivity index (χ0n) is 16.2. The smallest absolute Gasteiger partial charge is 0.254 e. The lowest BCUT2D eigenvalue weighted by Crippen LogP contribution is -2.44. The zero-order chi connectivity index (χ0) is 19.1. The Morgan fingerprint density at radius 2 is 1.96 bits per heavy atom. The first-order chi connectivity index (χ1) is 13.7. The predicted molar refractivity (Wildman–Crippen MR) is 107 cm³/mol. The number of carbonyl (C=O) groups is 1. The summed E-state index contributed by atoms with van der Waals surface area (Å²) in [7, 11) is 0. The molecule has 6 heteroatoms. The normalized spacial score (nSPS) is 22.5. The number of nitrogens with zero attached hydrogens (tertiary/aromatic N) is 5. The predicted octanol–water partition coefficient (Wildman–Crippen LogP) is 2.77. The van der Waals surface area contributed by atoms with Crippen LogP contribution in [0.5, 0.6) is 0 Å². The van der Waals surface area contributed by atoms with Gasteiger partial charge in [-0.15, -0.1) is 0 Å². The fraction of sp³-hybridized carbons (Fsp3) is 0.409. The number of pyridine rings is 2. The van der Waals surface area contributed by atoms with Gasteiger partial charge in [0.2, 0.25) is 0 Å². The Labute approximate surface area is 164 Å². The monoisotopic (exact) mass is 375 g/mol. The van der Waals surface area contributed by atoms with E-state index < -0.39 is 0 Å². The SMILES string of the molecule is Cc1nc(CN2C[C@H]3CC[C@@H]2CN(C(=O)c2ccncc2)C3)c2ccccn12. The molecule has 3 aliphatic heterocycles. The first kappa shape index (κ1) is 17.4. The van der Waals surface area contributed by atoms with Crippen LogP contribution in [0.3, 0.4) is 0 Å². The molecule has 3 aromatic rings. The van der Waals surface area contributed by atoms with Gasteiger partial charge in [0.15, 0.2) is 0 Å². The Kier molecular flexibility index (Phi) is 4.36. The van der Waals surface area contributed by atoms with E-state index in [2.05, 4.69) is 39.5 Å². The van der Waals surface area contributed by atoms with Crippen molar-refractivity contribution in [3.8, 4) is 0 Å². The third-order valence-corrected chi connectivity index (χ3v) is 6.20. The number of rotatable bonds is 3. The molecule has 2 atom stereocenters. The zero-order valence-corrected chi connectivity index (χ0v) is 16.2. The van der Waals surface area contributed by atoms with Crippen molar-refractivity contribution < 1.29 is 4.79 Å². The summed E-state index contributed by atoms with van der Waals surface area (Å²) >= 11 is 0. The fourth-order valence-corrected chi connectivity index (χ4v) is 4.79. The average molecular weight is 375 g/mol. The molecule has 0 aromatic carbocycles. The second-order valence-electron chi connectivity index (χ2n) is 8.03. The molecule has 2 bridgehead atoms. The van der Waals surface area contributed by atoms with Gasteiger partial charge in [-0.25, -0.2) is 4.98 Å². The van der Waals surface area contributed by atoms with E-state index in [1.165, 1.54) is 11.9 Å². The van der Waals surface area contributed by atoms with Gasteiger partial charge >= 0.3 is 0 Å². The Morgan fingerprint density at radius 1 is 1.11 bits per heavy atom. The second kappa shape index (κ2) is 7.02. The number of hydrogen-bond acceptors (Lipinski definition) is 4. The fourth-order valence-electron chi connectivity index (χ4n) is 4.79. The number of amides is 1. The highest BCUT2D eigenvalue weighted by Crippen LogP contribution is 2.30. The van der Waals surface area contributed by atoms with Gasteiger partial charge in [-0.3, -0.25) is 14.7 Å². The van der Waals surface area contributed by atoms with E-state index >= 15 is 0 Å². The van der Waals surface area contributed by atoms with Crippen LogP contribution in [-0.2, 0) is 6.54 Å². The minimum Gasteiger partial charge on any atom is -0.337 e. The van der Waals surface area contributed by atoms with Crippen molar-refractivity contribution in [1.82, 2.24) is 24.2 Å². The summed E-state index contributed by atoms with van der Waals surface area (Å²) in [4.78, 5) is 26.4. The van der Waals surface area contributed by atoms with E-state index in [1.54, 1.807) is 12.4 Å². The summed E-state index contributed by atoms with van der Waals surface area (Å²) in [6.07, 6.45) is 7.81. The topological polar surface area (TPSA) is 53.7 Å². The minimum atomic E-state index is 0.129. The molecular formula is C22H25N5O. The van der Waals surface area contributed by atoms with Crippen LogP contribution >= 0.6 is 0 Å². The van der Waals surface area contributed by atoms with Crippen LogP contribution in [0.25, 0.3) is 5.52 Å². The molecule has 6 rings (SSSR count).